The molecule has 0 N–H and O–H groups in total. The number of hydrogen-bond acceptors (Lipinski definition) is 0. The van der Waals surface area contributed by atoms with Crippen molar-refractivity contribution in [3.63, 3.8) is 0 Å². The molecule has 0 bridgehead atoms. The van der Waals surface area contributed by atoms with Gasteiger partial charge >= 0.3 is 0 Å². The van der Waals surface area contributed by atoms with E-state index in [4.69, 9.17) is 0 Å². The summed E-state index contributed by atoms with van der Waals surface area (Å²) in [6, 6.07) is 13.0. The molecule has 0 spiro atoms. The summed E-state index contributed by atoms with van der Waals surface area (Å²) >= 11 is 0. The Morgan fingerprint density at radius 3 is 2.47 bits per heavy atom. The summed E-state index contributed by atoms with van der Waals surface area (Å²) in [6.45, 7) is 2.22. The van der Waals surface area contributed by atoms with E-state index in [1.165, 1.54) is 21.9 Å². The number of rotatable bonds is 0. The minimum atomic E-state index is 0. The van der Waals surface area contributed by atoms with Crippen LogP contribution in [-0.4, -0.2) is 0 Å². The number of allylic oxidation sites excluding steroid dienone is 1. The van der Waals surface area contributed by atoms with Crippen molar-refractivity contribution in [2.24, 2.45) is 0 Å². The minimum Gasteiger partial charge on any atom is -0.189 e. The van der Waals surface area contributed by atoms with Crippen LogP contribution in [-0.2, 0) is 26.2 Å². The van der Waals surface area contributed by atoms with Crippen LogP contribution in [0.4, 0.5) is 0 Å². The van der Waals surface area contributed by atoms with E-state index in [1.807, 2.05) is 0 Å². The Balaban J connectivity index is 0.000000853. The molecule has 15 heavy (non-hydrogen) atoms. The van der Waals surface area contributed by atoms with Gasteiger partial charge in [-0.3, -0.25) is 0 Å². The van der Waals surface area contributed by atoms with Crippen molar-refractivity contribution >= 4 is 10.8 Å². The number of benzene rings is 2. The molecule has 1 unspecified atom stereocenters. The molecule has 0 nitrogen and oxygen atoms in total. The molecule has 3 rings (SSSR count). The van der Waals surface area contributed by atoms with Crippen molar-refractivity contribution in [3.8, 4) is 0 Å². The van der Waals surface area contributed by atoms with Crippen LogP contribution in [0.25, 0.3) is 10.8 Å². The molecule has 1 aliphatic carbocycles. The zero-order valence-corrected chi connectivity index (χ0v) is 11.1. The molecule has 2 aromatic carbocycles. The van der Waals surface area contributed by atoms with Gasteiger partial charge in [0.1, 0.15) is 0 Å². The first kappa shape index (κ1) is 10.8. The summed E-state index contributed by atoms with van der Waals surface area (Å²) < 4.78 is 0. The average molecular weight is 270 g/mol. The Hall–Kier alpha value is -0.677. The van der Waals surface area contributed by atoms with Gasteiger partial charge in [-0.25, -0.2) is 0 Å². The Kier molecular flexibility index (Phi) is 2.93. The van der Waals surface area contributed by atoms with Crippen LogP contribution in [0.5, 0.6) is 0 Å². The van der Waals surface area contributed by atoms with Gasteiger partial charge in [0.15, 0.2) is 0 Å². The minimum absolute atomic E-state index is 0. The zero-order chi connectivity index (χ0) is 9.54. The maximum Gasteiger partial charge on any atom is 0 e. The average Bonchev–Trinajstić information content (AvgIpc) is 2.57. The fraction of sp³-hybridized carbons (Fsp3) is 0.143. The molecule has 0 fully saturated rings. The summed E-state index contributed by atoms with van der Waals surface area (Å²) in [5.74, 6) is 0.523. The Labute approximate surface area is 109 Å². The molecule has 0 saturated carbocycles. The molecule has 1 heteroatoms. The first-order valence-electron chi connectivity index (χ1n) is 4.97. The van der Waals surface area contributed by atoms with Crippen LogP contribution < -0.4 is 0 Å². The van der Waals surface area contributed by atoms with Crippen molar-refractivity contribution in [1.82, 2.24) is 0 Å². The van der Waals surface area contributed by atoms with E-state index < -0.39 is 0 Å². The van der Waals surface area contributed by atoms with Gasteiger partial charge in [-0.15, -0.1) is 17.7 Å². The van der Waals surface area contributed by atoms with Gasteiger partial charge < -0.3 is 0 Å². The summed E-state index contributed by atoms with van der Waals surface area (Å²) in [5.41, 5.74) is 2.67. The second-order valence-corrected chi connectivity index (χ2v) is 3.89. The predicted octanol–water partition coefficient (Wildman–Crippen LogP) is 3.66. The van der Waals surface area contributed by atoms with Crippen LogP contribution in [0.3, 0.4) is 0 Å². The molecule has 0 heterocycles. The molecule has 72 valence electrons. The van der Waals surface area contributed by atoms with E-state index in [0.29, 0.717) is 5.92 Å². The molecule has 0 aromatic heterocycles. The third-order valence-corrected chi connectivity index (χ3v) is 2.90. The van der Waals surface area contributed by atoms with E-state index in [2.05, 4.69) is 55.5 Å². The largest absolute Gasteiger partial charge is 0.189 e. The molecule has 0 amide bonds. The maximum atomic E-state index is 3.32. The first-order valence-corrected chi connectivity index (χ1v) is 4.97. The Morgan fingerprint density at radius 2 is 1.73 bits per heavy atom. The summed E-state index contributed by atoms with van der Waals surface area (Å²) in [6.07, 6.45) is 5.46. The fourth-order valence-corrected chi connectivity index (χ4v) is 2.06. The molecule has 1 atom stereocenters. The summed E-state index contributed by atoms with van der Waals surface area (Å²) in [7, 11) is 0. The zero-order valence-electron chi connectivity index (χ0n) is 8.62. The fourth-order valence-electron chi connectivity index (χ4n) is 2.06. The molecular weight excluding hydrogens is 259 g/mol. The van der Waals surface area contributed by atoms with Gasteiger partial charge in [0.25, 0.3) is 0 Å². The van der Waals surface area contributed by atoms with Gasteiger partial charge in [0, 0.05) is 26.2 Å². The van der Waals surface area contributed by atoms with E-state index in [-0.39, 0.29) is 26.2 Å². The van der Waals surface area contributed by atoms with Crippen LogP contribution in [0, 0.1) is 6.08 Å². The van der Waals surface area contributed by atoms with Crippen LogP contribution in [0.1, 0.15) is 24.0 Å². The van der Waals surface area contributed by atoms with Crippen molar-refractivity contribution in [1.29, 1.82) is 0 Å². The predicted molar refractivity (Wildman–Crippen MR) is 59.3 cm³/mol. The maximum absolute atomic E-state index is 3.32. The second kappa shape index (κ2) is 4.06. The third-order valence-electron chi connectivity index (χ3n) is 2.90. The van der Waals surface area contributed by atoms with Gasteiger partial charge in [-0.1, -0.05) is 42.5 Å². The van der Waals surface area contributed by atoms with Crippen LogP contribution in [0.2, 0.25) is 0 Å². The van der Waals surface area contributed by atoms with Crippen molar-refractivity contribution in [2.45, 2.75) is 12.8 Å². The smallest absolute Gasteiger partial charge is 0 e. The van der Waals surface area contributed by atoms with Gasteiger partial charge in [0.2, 0.25) is 0 Å². The summed E-state index contributed by atoms with van der Waals surface area (Å²) in [4.78, 5) is 0. The molecular formula is C14H11Zr-. The standard InChI is InChI=1S/C14H11.Zr/c1-10-6-7-13-8-11-4-2-3-5-12(11)9-14(10)13;/h2-6,8-10H,1H3;/q-1;. The number of hydrogen-bond donors (Lipinski definition) is 0. The summed E-state index contributed by atoms with van der Waals surface area (Å²) in [5, 5.41) is 2.64. The van der Waals surface area contributed by atoms with E-state index in [1.54, 1.807) is 0 Å². The molecule has 0 saturated heterocycles. The van der Waals surface area contributed by atoms with Gasteiger partial charge in [-0.05, 0) is 5.39 Å². The topological polar surface area (TPSA) is 0 Å². The first-order chi connectivity index (χ1) is 6.84. The quantitative estimate of drug-likeness (QED) is 0.641. The molecule has 0 radical (unpaired) electrons. The van der Waals surface area contributed by atoms with Gasteiger partial charge in [0.05, 0.1) is 0 Å². The van der Waals surface area contributed by atoms with E-state index in [0.717, 1.165) is 0 Å². The monoisotopic (exact) mass is 269 g/mol. The van der Waals surface area contributed by atoms with Crippen LogP contribution >= 0.6 is 0 Å². The van der Waals surface area contributed by atoms with Crippen molar-refractivity contribution in [2.75, 3.05) is 0 Å². The SMILES string of the molecule is CC1C=[C-]c2cc3ccccc3cc21.[Zr]. The number of fused-ring (bicyclic) bond motifs is 2. The third kappa shape index (κ3) is 1.74. The van der Waals surface area contributed by atoms with Crippen molar-refractivity contribution in [3.05, 3.63) is 59.7 Å². The Morgan fingerprint density at radius 1 is 1.07 bits per heavy atom. The normalized spacial score (nSPS) is 17.5. The molecule has 0 aliphatic heterocycles. The van der Waals surface area contributed by atoms with Crippen molar-refractivity contribution < 1.29 is 26.2 Å². The van der Waals surface area contributed by atoms with Crippen LogP contribution in [0.15, 0.2) is 42.5 Å². The Bertz CT molecular complexity index is 526. The second-order valence-electron chi connectivity index (χ2n) is 3.89. The molecule has 1 aliphatic rings. The molecule has 2 aromatic rings. The van der Waals surface area contributed by atoms with E-state index >= 15 is 0 Å². The van der Waals surface area contributed by atoms with E-state index in [9.17, 15) is 0 Å². The van der Waals surface area contributed by atoms with Gasteiger partial charge in [-0.2, -0.15) is 17.7 Å².